The van der Waals surface area contributed by atoms with E-state index in [9.17, 15) is 4.79 Å². The quantitative estimate of drug-likeness (QED) is 0.553. The van der Waals surface area contributed by atoms with E-state index >= 15 is 0 Å². The van der Waals surface area contributed by atoms with Crippen LogP contribution in [0, 0.1) is 12.3 Å². The predicted molar refractivity (Wildman–Crippen MR) is 42.8 cm³/mol. The van der Waals surface area contributed by atoms with Crippen molar-refractivity contribution < 1.29 is 4.79 Å². The van der Waals surface area contributed by atoms with E-state index in [0.29, 0.717) is 11.8 Å². The maximum atomic E-state index is 11.5. The summed E-state index contributed by atoms with van der Waals surface area (Å²) in [7, 11) is 0. The second kappa shape index (κ2) is 2.84. The fourth-order valence-corrected chi connectivity index (χ4v) is 1.78. The smallest absolute Gasteiger partial charge is 0.225 e. The Morgan fingerprint density at radius 1 is 1.45 bits per heavy atom. The zero-order valence-corrected chi connectivity index (χ0v) is 6.75. The molecule has 0 bridgehead atoms. The lowest BCUT2D eigenvalue weighted by Crippen LogP contribution is -2.44. The first kappa shape index (κ1) is 7.14. The summed E-state index contributed by atoms with van der Waals surface area (Å²) in [5.41, 5.74) is 0. The molecule has 1 radical (unpaired) electrons. The maximum Gasteiger partial charge on any atom is 0.225 e. The van der Waals surface area contributed by atoms with Gasteiger partial charge in [0.1, 0.15) is 0 Å². The molecule has 1 aliphatic carbocycles. The van der Waals surface area contributed by atoms with Crippen molar-refractivity contribution in [1.29, 1.82) is 0 Å². The zero-order chi connectivity index (χ0) is 7.68. The molecule has 1 saturated carbocycles. The molecule has 0 N–H and O–H groups in total. The molecule has 11 heavy (non-hydrogen) atoms. The Morgan fingerprint density at radius 3 is 2.73 bits per heavy atom. The summed E-state index contributed by atoms with van der Waals surface area (Å²) in [6.45, 7) is 2.02. The van der Waals surface area contributed by atoms with Crippen LogP contribution >= 0.6 is 0 Å². The van der Waals surface area contributed by atoms with Gasteiger partial charge in [-0.15, -0.1) is 0 Å². The van der Waals surface area contributed by atoms with E-state index in [2.05, 4.69) is 6.42 Å². The molecule has 1 saturated heterocycles. The Morgan fingerprint density at radius 2 is 2.27 bits per heavy atom. The third-order valence-corrected chi connectivity index (χ3v) is 2.69. The SMILES string of the molecule is O=C(C1C[CH]CC1)N1CCC1. The molecule has 1 heterocycles. The van der Waals surface area contributed by atoms with Gasteiger partial charge in [-0.25, -0.2) is 0 Å². The van der Waals surface area contributed by atoms with Gasteiger partial charge in [0, 0.05) is 19.0 Å². The van der Waals surface area contributed by atoms with Crippen molar-refractivity contribution in [2.45, 2.75) is 25.7 Å². The molecule has 1 unspecified atom stereocenters. The van der Waals surface area contributed by atoms with Crippen LogP contribution in [0.25, 0.3) is 0 Å². The topological polar surface area (TPSA) is 20.3 Å². The average molecular weight is 152 g/mol. The van der Waals surface area contributed by atoms with E-state index in [1.807, 2.05) is 4.90 Å². The van der Waals surface area contributed by atoms with Gasteiger partial charge in [-0.3, -0.25) is 4.79 Å². The lowest BCUT2D eigenvalue weighted by atomic mass is 10.0. The molecule has 0 aromatic rings. The number of carbonyl (C=O) groups excluding carboxylic acids is 1. The summed E-state index contributed by atoms with van der Waals surface area (Å²) in [5, 5.41) is 0. The first-order valence-corrected chi connectivity index (χ1v) is 4.48. The monoisotopic (exact) mass is 152 g/mol. The normalized spacial score (nSPS) is 25.3. The van der Waals surface area contributed by atoms with Crippen LogP contribution < -0.4 is 0 Å². The van der Waals surface area contributed by atoms with E-state index in [4.69, 9.17) is 0 Å². The predicted octanol–water partition coefficient (Wildman–Crippen LogP) is 1.22. The van der Waals surface area contributed by atoms with Crippen molar-refractivity contribution in [2.24, 2.45) is 5.92 Å². The maximum absolute atomic E-state index is 11.5. The van der Waals surface area contributed by atoms with Crippen molar-refractivity contribution in [3.8, 4) is 0 Å². The molecule has 1 atom stereocenters. The fourth-order valence-electron chi connectivity index (χ4n) is 1.78. The molecular formula is C9H14NO. The van der Waals surface area contributed by atoms with Crippen molar-refractivity contribution in [3.63, 3.8) is 0 Å². The highest BCUT2D eigenvalue weighted by atomic mass is 16.2. The van der Waals surface area contributed by atoms with Gasteiger partial charge in [-0.2, -0.15) is 0 Å². The number of amides is 1. The van der Waals surface area contributed by atoms with Gasteiger partial charge in [-0.1, -0.05) is 0 Å². The minimum atomic E-state index is 0.343. The molecular weight excluding hydrogens is 138 g/mol. The Labute approximate surface area is 67.6 Å². The zero-order valence-electron chi connectivity index (χ0n) is 6.75. The summed E-state index contributed by atoms with van der Waals surface area (Å²) >= 11 is 0. The molecule has 0 aromatic carbocycles. The van der Waals surface area contributed by atoms with Crippen molar-refractivity contribution in [3.05, 3.63) is 6.42 Å². The molecule has 0 aromatic heterocycles. The highest BCUT2D eigenvalue weighted by molar-refractivity contribution is 5.79. The van der Waals surface area contributed by atoms with Gasteiger partial charge < -0.3 is 4.90 Å². The summed E-state index contributed by atoms with van der Waals surface area (Å²) in [6.07, 6.45) is 6.71. The third kappa shape index (κ3) is 1.26. The minimum absolute atomic E-state index is 0.343. The number of nitrogens with zero attached hydrogens (tertiary/aromatic N) is 1. The molecule has 2 rings (SSSR count). The molecule has 1 aliphatic heterocycles. The average Bonchev–Trinajstić information content (AvgIpc) is 2.32. The van der Waals surface area contributed by atoms with E-state index in [1.165, 1.54) is 6.42 Å². The highest BCUT2D eigenvalue weighted by Crippen LogP contribution is 2.27. The van der Waals surface area contributed by atoms with Crippen molar-refractivity contribution in [1.82, 2.24) is 4.90 Å². The van der Waals surface area contributed by atoms with E-state index < -0.39 is 0 Å². The fraction of sp³-hybridized carbons (Fsp3) is 0.778. The number of rotatable bonds is 1. The number of hydrogen-bond donors (Lipinski definition) is 0. The van der Waals surface area contributed by atoms with Crippen LogP contribution in [0.15, 0.2) is 0 Å². The lowest BCUT2D eigenvalue weighted by molar-refractivity contribution is -0.138. The summed E-state index contributed by atoms with van der Waals surface area (Å²) in [5.74, 6) is 0.750. The Kier molecular flexibility index (Phi) is 1.84. The van der Waals surface area contributed by atoms with E-state index in [-0.39, 0.29) is 0 Å². The van der Waals surface area contributed by atoms with Crippen molar-refractivity contribution >= 4 is 5.91 Å². The van der Waals surface area contributed by atoms with Gasteiger partial charge in [0.2, 0.25) is 5.91 Å². The number of hydrogen-bond acceptors (Lipinski definition) is 1. The molecule has 2 heteroatoms. The summed E-state index contributed by atoms with van der Waals surface area (Å²) < 4.78 is 0. The second-order valence-corrected chi connectivity index (χ2v) is 3.48. The molecule has 61 valence electrons. The Balaban J connectivity index is 1.87. The van der Waals surface area contributed by atoms with Gasteiger partial charge in [0.05, 0.1) is 0 Å². The van der Waals surface area contributed by atoms with E-state index in [1.54, 1.807) is 0 Å². The van der Waals surface area contributed by atoms with Crippen LogP contribution in [-0.4, -0.2) is 23.9 Å². The highest BCUT2D eigenvalue weighted by Gasteiger charge is 2.29. The summed E-state index contributed by atoms with van der Waals surface area (Å²) in [4.78, 5) is 13.5. The number of likely N-dealkylation sites (tertiary alicyclic amines) is 1. The Hall–Kier alpha value is -0.530. The third-order valence-electron chi connectivity index (χ3n) is 2.69. The van der Waals surface area contributed by atoms with Gasteiger partial charge in [-0.05, 0) is 32.1 Å². The van der Waals surface area contributed by atoms with Crippen LogP contribution in [0.2, 0.25) is 0 Å². The van der Waals surface area contributed by atoms with Crippen LogP contribution in [0.3, 0.4) is 0 Å². The van der Waals surface area contributed by atoms with Crippen LogP contribution in [0.1, 0.15) is 25.7 Å². The molecule has 2 aliphatic rings. The molecule has 2 fully saturated rings. The first-order valence-electron chi connectivity index (χ1n) is 4.48. The minimum Gasteiger partial charge on any atom is -0.342 e. The van der Waals surface area contributed by atoms with Crippen LogP contribution in [-0.2, 0) is 4.79 Å². The van der Waals surface area contributed by atoms with Crippen molar-refractivity contribution in [2.75, 3.05) is 13.1 Å². The number of carbonyl (C=O) groups is 1. The van der Waals surface area contributed by atoms with Gasteiger partial charge in [0.25, 0.3) is 0 Å². The molecule has 2 nitrogen and oxygen atoms in total. The summed E-state index contributed by atoms with van der Waals surface area (Å²) in [6, 6.07) is 0. The largest absolute Gasteiger partial charge is 0.342 e. The van der Waals surface area contributed by atoms with Gasteiger partial charge in [0.15, 0.2) is 0 Å². The lowest BCUT2D eigenvalue weighted by Gasteiger charge is -2.33. The van der Waals surface area contributed by atoms with E-state index in [0.717, 1.165) is 32.4 Å². The van der Waals surface area contributed by atoms with Crippen LogP contribution in [0.5, 0.6) is 0 Å². The second-order valence-electron chi connectivity index (χ2n) is 3.48. The standard InChI is InChI=1S/C9H14NO/c11-9(10-6-3-7-10)8-4-1-2-5-8/h1,8H,2-7H2. The van der Waals surface area contributed by atoms with Gasteiger partial charge >= 0.3 is 0 Å². The first-order chi connectivity index (χ1) is 5.38. The van der Waals surface area contributed by atoms with Crippen LogP contribution in [0.4, 0.5) is 0 Å². The molecule has 0 spiro atoms. The molecule has 1 amide bonds. The Bertz CT molecular complexity index is 157.